The fraction of sp³-hybridized carbons (Fsp3) is 1.00. The molecule has 0 aromatic heterocycles. The minimum atomic E-state index is 0.320. The standard InChI is InChI=1S/C11H21NO/c1-10-2-6-12(7-3-10)8-11(9-13)4-5-11/h10,13H,2-9H2,1H3. The molecule has 2 rings (SSSR count). The van der Waals surface area contributed by atoms with E-state index in [0.717, 1.165) is 12.5 Å². The van der Waals surface area contributed by atoms with Crippen LogP contribution < -0.4 is 0 Å². The summed E-state index contributed by atoms with van der Waals surface area (Å²) < 4.78 is 0. The molecule has 0 bridgehead atoms. The molecule has 0 amide bonds. The van der Waals surface area contributed by atoms with Crippen LogP contribution in [0.2, 0.25) is 0 Å². The predicted octanol–water partition coefficient (Wildman–Crippen LogP) is 1.49. The third kappa shape index (κ3) is 2.23. The molecule has 1 aliphatic heterocycles. The number of nitrogens with zero attached hydrogens (tertiary/aromatic N) is 1. The maximum absolute atomic E-state index is 9.21. The molecule has 1 saturated heterocycles. The fourth-order valence-corrected chi connectivity index (χ4v) is 2.24. The Morgan fingerprint density at radius 2 is 1.92 bits per heavy atom. The normalized spacial score (nSPS) is 29.1. The number of likely N-dealkylation sites (tertiary alicyclic amines) is 1. The summed E-state index contributed by atoms with van der Waals surface area (Å²) in [6.07, 6.45) is 5.19. The van der Waals surface area contributed by atoms with Gasteiger partial charge in [-0.05, 0) is 44.7 Å². The number of aliphatic hydroxyl groups is 1. The summed E-state index contributed by atoms with van der Waals surface area (Å²) in [5.74, 6) is 0.917. The lowest BCUT2D eigenvalue weighted by Crippen LogP contribution is -2.38. The molecular formula is C11H21NO. The van der Waals surface area contributed by atoms with Gasteiger partial charge in [-0.2, -0.15) is 0 Å². The van der Waals surface area contributed by atoms with Gasteiger partial charge in [-0.1, -0.05) is 6.92 Å². The van der Waals surface area contributed by atoms with Crippen molar-refractivity contribution in [1.29, 1.82) is 0 Å². The van der Waals surface area contributed by atoms with Crippen LogP contribution >= 0.6 is 0 Å². The summed E-state index contributed by atoms with van der Waals surface area (Å²) in [5.41, 5.74) is 0.320. The molecule has 1 saturated carbocycles. The Hall–Kier alpha value is -0.0800. The highest BCUT2D eigenvalue weighted by atomic mass is 16.3. The Kier molecular flexibility index (Phi) is 2.61. The maximum atomic E-state index is 9.21. The molecule has 2 nitrogen and oxygen atoms in total. The topological polar surface area (TPSA) is 23.5 Å². The molecule has 0 aromatic carbocycles. The van der Waals surface area contributed by atoms with Crippen LogP contribution in [-0.2, 0) is 0 Å². The summed E-state index contributed by atoms with van der Waals surface area (Å²) in [6.45, 7) is 6.40. The number of rotatable bonds is 3. The van der Waals surface area contributed by atoms with Crippen molar-refractivity contribution in [1.82, 2.24) is 4.90 Å². The van der Waals surface area contributed by atoms with E-state index in [1.807, 2.05) is 0 Å². The Morgan fingerprint density at radius 3 is 2.38 bits per heavy atom. The number of aliphatic hydroxyl groups excluding tert-OH is 1. The second-order valence-electron chi connectivity index (χ2n) is 5.12. The van der Waals surface area contributed by atoms with Crippen molar-refractivity contribution >= 4 is 0 Å². The molecule has 2 heteroatoms. The van der Waals surface area contributed by atoms with Gasteiger partial charge in [0.1, 0.15) is 0 Å². The van der Waals surface area contributed by atoms with Crippen LogP contribution in [0.15, 0.2) is 0 Å². The molecule has 13 heavy (non-hydrogen) atoms. The van der Waals surface area contributed by atoms with Crippen LogP contribution in [0, 0.1) is 11.3 Å². The van der Waals surface area contributed by atoms with E-state index in [9.17, 15) is 5.11 Å². The monoisotopic (exact) mass is 183 g/mol. The number of piperidine rings is 1. The van der Waals surface area contributed by atoms with Gasteiger partial charge in [0.05, 0.1) is 0 Å². The lowest BCUT2D eigenvalue weighted by Gasteiger charge is -2.32. The molecule has 76 valence electrons. The Bertz CT molecular complexity index is 169. The second kappa shape index (κ2) is 3.58. The van der Waals surface area contributed by atoms with E-state index in [1.54, 1.807) is 0 Å². The zero-order chi connectivity index (χ0) is 9.31. The number of hydrogen-bond acceptors (Lipinski definition) is 2. The van der Waals surface area contributed by atoms with Gasteiger partial charge in [0.25, 0.3) is 0 Å². The largest absolute Gasteiger partial charge is 0.396 e. The molecule has 1 heterocycles. The first-order valence-corrected chi connectivity index (χ1v) is 5.57. The SMILES string of the molecule is CC1CCN(CC2(CO)CC2)CC1. The lowest BCUT2D eigenvalue weighted by atomic mass is 9.97. The highest BCUT2D eigenvalue weighted by Gasteiger charge is 2.43. The van der Waals surface area contributed by atoms with Crippen LogP contribution in [0.1, 0.15) is 32.6 Å². The van der Waals surface area contributed by atoms with Gasteiger partial charge in [0.15, 0.2) is 0 Å². The zero-order valence-electron chi connectivity index (χ0n) is 8.63. The van der Waals surface area contributed by atoms with Crippen molar-refractivity contribution in [2.75, 3.05) is 26.2 Å². The van der Waals surface area contributed by atoms with Crippen LogP contribution in [-0.4, -0.2) is 36.2 Å². The molecule has 1 N–H and O–H groups in total. The summed E-state index contributed by atoms with van der Waals surface area (Å²) in [5, 5.41) is 9.21. The van der Waals surface area contributed by atoms with E-state index >= 15 is 0 Å². The molecule has 0 unspecified atom stereocenters. The third-order valence-electron chi connectivity index (χ3n) is 3.73. The average Bonchev–Trinajstić information content (AvgIpc) is 2.90. The van der Waals surface area contributed by atoms with Crippen molar-refractivity contribution in [2.24, 2.45) is 11.3 Å². The van der Waals surface area contributed by atoms with Crippen LogP contribution in [0.25, 0.3) is 0 Å². The molecule has 0 atom stereocenters. The van der Waals surface area contributed by atoms with Crippen molar-refractivity contribution in [2.45, 2.75) is 32.6 Å². The van der Waals surface area contributed by atoms with Gasteiger partial charge >= 0.3 is 0 Å². The quantitative estimate of drug-likeness (QED) is 0.716. The maximum Gasteiger partial charge on any atom is 0.0499 e. The highest BCUT2D eigenvalue weighted by Crippen LogP contribution is 2.45. The van der Waals surface area contributed by atoms with Crippen molar-refractivity contribution < 1.29 is 5.11 Å². The fourth-order valence-electron chi connectivity index (χ4n) is 2.24. The molecule has 0 spiro atoms. The average molecular weight is 183 g/mol. The van der Waals surface area contributed by atoms with Crippen molar-refractivity contribution in [3.8, 4) is 0 Å². The smallest absolute Gasteiger partial charge is 0.0499 e. The van der Waals surface area contributed by atoms with Gasteiger partial charge < -0.3 is 10.0 Å². The Balaban J connectivity index is 1.76. The van der Waals surface area contributed by atoms with E-state index < -0.39 is 0 Å². The van der Waals surface area contributed by atoms with E-state index in [4.69, 9.17) is 0 Å². The molecule has 1 aliphatic carbocycles. The third-order valence-corrected chi connectivity index (χ3v) is 3.73. The summed E-state index contributed by atoms with van der Waals surface area (Å²) in [7, 11) is 0. The highest BCUT2D eigenvalue weighted by molar-refractivity contribution is 4.95. The van der Waals surface area contributed by atoms with E-state index in [1.165, 1.54) is 38.8 Å². The summed E-state index contributed by atoms with van der Waals surface area (Å²) in [6, 6.07) is 0. The Labute approximate surface area is 80.9 Å². The molecule has 2 fully saturated rings. The second-order valence-corrected chi connectivity index (χ2v) is 5.12. The van der Waals surface area contributed by atoms with Crippen molar-refractivity contribution in [3.05, 3.63) is 0 Å². The van der Waals surface area contributed by atoms with Gasteiger partial charge in [-0.25, -0.2) is 0 Å². The molecular weight excluding hydrogens is 162 g/mol. The molecule has 2 aliphatic rings. The lowest BCUT2D eigenvalue weighted by molar-refractivity contribution is 0.120. The minimum Gasteiger partial charge on any atom is -0.396 e. The van der Waals surface area contributed by atoms with Gasteiger partial charge in [0, 0.05) is 18.6 Å². The first-order valence-electron chi connectivity index (χ1n) is 5.57. The van der Waals surface area contributed by atoms with Gasteiger partial charge in [0.2, 0.25) is 0 Å². The summed E-state index contributed by atoms with van der Waals surface area (Å²) in [4.78, 5) is 2.54. The molecule has 0 aromatic rings. The van der Waals surface area contributed by atoms with Gasteiger partial charge in [-0.3, -0.25) is 0 Å². The molecule has 0 radical (unpaired) electrons. The first-order chi connectivity index (χ1) is 6.24. The minimum absolute atomic E-state index is 0.320. The van der Waals surface area contributed by atoms with Crippen LogP contribution in [0.4, 0.5) is 0 Å². The van der Waals surface area contributed by atoms with E-state index in [0.29, 0.717) is 12.0 Å². The Morgan fingerprint density at radius 1 is 1.31 bits per heavy atom. The van der Waals surface area contributed by atoms with E-state index in [-0.39, 0.29) is 0 Å². The zero-order valence-corrected chi connectivity index (χ0v) is 8.63. The van der Waals surface area contributed by atoms with Crippen molar-refractivity contribution in [3.63, 3.8) is 0 Å². The van der Waals surface area contributed by atoms with Gasteiger partial charge in [-0.15, -0.1) is 0 Å². The van der Waals surface area contributed by atoms with E-state index in [2.05, 4.69) is 11.8 Å². The summed E-state index contributed by atoms with van der Waals surface area (Å²) >= 11 is 0. The van der Waals surface area contributed by atoms with Crippen LogP contribution in [0.5, 0.6) is 0 Å². The van der Waals surface area contributed by atoms with Crippen LogP contribution in [0.3, 0.4) is 0 Å². The number of hydrogen-bond donors (Lipinski definition) is 1. The predicted molar refractivity (Wildman–Crippen MR) is 53.6 cm³/mol. The first kappa shape index (κ1) is 9.47.